The first kappa shape index (κ1) is 21.8. The number of carbonyl (C=O) groups excluding carboxylic acids is 1. The molecule has 0 fully saturated rings. The molecule has 0 spiro atoms. The van der Waals surface area contributed by atoms with Crippen LogP contribution in [0.5, 0.6) is 11.5 Å². The predicted molar refractivity (Wildman–Crippen MR) is 114 cm³/mol. The van der Waals surface area contributed by atoms with Gasteiger partial charge in [0.25, 0.3) is 0 Å². The summed E-state index contributed by atoms with van der Waals surface area (Å²) in [6.45, 7) is 10.4. The lowest BCUT2D eigenvalue weighted by molar-refractivity contribution is -0.121. The lowest BCUT2D eigenvalue weighted by atomic mass is 9.93. The fraction of sp³-hybridized carbons (Fsp3) is 0.458. The molecule has 0 aliphatic rings. The van der Waals surface area contributed by atoms with Crippen molar-refractivity contribution in [3.05, 3.63) is 58.1 Å². The van der Waals surface area contributed by atoms with Gasteiger partial charge in [-0.2, -0.15) is 0 Å². The number of methoxy groups -OCH3 is 2. The third kappa shape index (κ3) is 5.28. The third-order valence-corrected chi connectivity index (χ3v) is 5.18. The standard InChI is InChI=1S/C24H33NO3/c1-15(2)20-14-21(16(3)13-23(20)28-7)18(5)25-24(26)11-9-19-8-10-22(27-6)17(4)12-19/h8,10,12-15,18H,9,11H2,1-7H3,(H,25,26). The quantitative estimate of drug-likeness (QED) is 0.677. The molecule has 4 heteroatoms. The van der Waals surface area contributed by atoms with Gasteiger partial charge < -0.3 is 14.8 Å². The lowest BCUT2D eigenvalue weighted by Gasteiger charge is -2.21. The van der Waals surface area contributed by atoms with Gasteiger partial charge in [-0.25, -0.2) is 0 Å². The van der Waals surface area contributed by atoms with Crippen LogP contribution in [-0.4, -0.2) is 20.1 Å². The average molecular weight is 384 g/mol. The Kier molecular flexibility index (Phi) is 7.50. The van der Waals surface area contributed by atoms with E-state index in [1.54, 1.807) is 14.2 Å². The zero-order valence-corrected chi connectivity index (χ0v) is 18.2. The van der Waals surface area contributed by atoms with Crippen LogP contribution in [0.4, 0.5) is 0 Å². The van der Waals surface area contributed by atoms with Crippen molar-refractivity contribution < 1.29 is 14.3 Å². The highest BCUT2D eigenvalue weighted by atomic mass is 16.5. The largest absolute Gasteiger partial charge is 0.496 e. The van der Waals surface area contributed by atoms with Gasteiger partial charge in [-0.1, -0.05) is 26.0 Å². The van der Waals surface area contributed by atoms with Crippen LogP contribution in [-0.2, 0) is 11.2 Å². The van der Waals surface area contributed by atoms with Crippen molar-refractivity contribution in [1.29, 1.82) is 0 Å². The van der Waals surface area contributed by atoms with Crippen LogP contribution in [0.15, 0.2) is 30.3 Å². The molecule has 1 unspecified atom stereocenters. The lowest BCUT2D eigenvalue weighted by Crippen LogP contribution is -2.27. The molecule has 28 heavy (non-hydrogen) atoms. The van der Waals surface area contributed by atoms with Gasteiger partial charge in [0.05, 0.1) is 20.3 Å². The molecular weight excluding hydrogens is 350 g/mol. The topological polar surface area (TPSA) is 47.6 Å². The number of benzene rings is 2. The molecule has 0 heterocycles. The Morgan fingerprint density at radius 2 is 1.61 bits per heavy atom. The first-order valence-electron chi connectivity index (χ1n) is 9.88. The van der Waals surface area contributed by atoms with Crippen LogP contribution in [0, 0.1) is 13.8 Å². The fourth-order valence-electron chi connectivity index (χ4n) is 3.56. The highest BCUT2D eigenvalue weighted by Crippen LogP contribution is 2.32. The van der Waals surface area contributed by atoms with Gasteiger partial charge >= 0.3 is 0 Å². The Hall–Kier alpha value is -2.49. The molecule has 152 valence electrons. The van der Waals surface area contributed by atoms with Crippen molar-refractivity contribution in [2.45, 2.75) is 59.4 Å². The zero-order chi connectivity index (χ0) is 20.8. The number of carbonyl (C=O) groups is 1. The molecule has 0 saturated carbocycles. The Balaban J connectivity index is 2.04. The minimum Gasteiger partial charge on any atom is -0.496 e. The van der Waals surface area contributed by atoms with E-state index in [0.717, 1.165) is 39.3 Å². The van der Waals surface area contributed by atoms with E-state index >= 15 is 0 Å². The normalized spacial score (nSPS) is 12.0. The molecule has 2 rings (SSSR count). The maximum Gasteiger partial charge on any atom is 0.220 e. The molecule has 0 bridgehead atoms. The number of hydrogen-bond acceptors (Lipinski definition) is 3. The van der Waals surface area contributed by atoms with Crippen LogP contribution in [0.25, 0.3) is 0 Å². The van der Waals surface area contributed by atoms with Crippen LogP contribution in [0.3, 0.4) is 0 Å². The molecular formula is C24H33NO3. The number of aryl methyl sites for hydroxylation is 3. The molecule has 1 N–H and O–H groups in total. The highest BCUT2D eigenvalue weighted by molar-refractivity contribution is 5.76. The van der Waals surface area contributed by atoms with Crippen molar-refractivity contribution in [2.75, 3.05) is 14.2 Å². The number of amides is 1. The zero-order valence-electron chi connectivity index (χ0n) is 18.2. The van der Waals surface area contributed by atoms with Crippen LogP contribution >= 0.6 is 0 Å². The first-order valence-corrected chi connectivity index (χ1v) is 9.88. The van der Waals surface area contributed by atoms with Gasteiger partial charge in [0.2, 0.25) is 5.91 Å². The highest BCUT2D eigenvalue weighted by Gasteiger charge is 2.17. The van der Waals surface area contributed by atoms with Gasteiger partial charge in [-0.3, -0.25) is 4.79 Å². The van der Waals surface area contributed by atoms with E-state index in [9.17, 15) is 4.79 Å². The fourth-order valence-corrected chi connectivity index (χ4v) is 3.56. The molecule has 0 aromatic heterocycles. The Morgan fingerprint density at radius 3 is 2.18 bits per heavy atom. The van der Waals surface area contributed by atoms with Gasteiger partial charge in [0.1, 0.15) is 11.5 Å². The van der Waals surface area contributed by atoms with Crippen LogP contribution in [0.1, 0.15) is 67.0 Å². The predicted octanol–water partition coefficient (Wildman–Crippen LogP) is 5.25. The van der Waals surface area contributed by atoms with Crippen LogP contribution < -0.4 is 14.8 Å². The summed E-state index contributed by atoms with van der Waals surface area (Å²) in [5, 5.41) is 3.14. The molecule has 0 aliphatic carbocycles. The number of nitrogens with one attached hydrogen (secondary N) is 1. The van der Waals surface area contributed by atoms with Crippen molar-refractivity contribution in [1.82, 2.24) is 5.32 Å². The Bertz CT molecular complexity index is 827. The summed E-state index contributed by atoms with van der Waals surface area (Å²) in [5.74, 6) is 2.19. The monoisotopic (exact) mass is 383 g/mol. The number of hydrogen-bond donors (Lipinski definition) is 1. The smallest absolute Gasteiger partial charge is 0.220 e. The van der Waals surface area contributed by atoms with E-state index in [1.807, 2.05) is 26.0 Å². The Morgan fingerprint density at radius 1 is 0.929 bits per heavy atom. The second-order valence-corrected chi connectivity index (χ2v) is 7.70. The van der Waals surface area contributed by atoms with E-state index in [2.05, 4.69) is 44.3 Å². The maximum absolute atomic E-state index is 12.5. The molecule has 1 atom stereocenters. The minimum absolute atomic E-state index is 0.0477. The van der Waals surface area contributed by atoms with E-state index in [4.69, 9.17) is 9.47 Å². The third-order valence-electron chi connectivity index (χ3n) is 5.18. The van der Waals surface area contributed by atoms with Gasteiger partial charge in [0.15, 0.2) is 0 Å². The van der Waals surface area contributed by atoms with Gasteiger partial charge in [0, 0.05) is 6.42 Å². The second-order valence-electron chi connectivity index (χ2n) is 7.70. The number of rotatable bonds is 8. The SMILES string of the molecule is COc1ccc(CCC(=O)NC(C)c2cc(C(C)C)c(OC)cc2C)cc1C. The summed E-state index contributed by atoms with van der Waals surface area (Å²) in [6.07, 6.45) is 1.17. The molecule has 2 aromatic rings. The van der Waals surface area contributed by atoms with Crippen molar-refractivity contribution in [2.24, 2.45) is 0 Å². The molecule has 2 aromatic carbocycles. The maximum atomic E-state index is 12.5. The summed E-state index contributed by atoms with van der Waals surface area (Å²) >= 11 is 0. The second kappa shape index (κ2) is 9.63. The molecule has 1 amide bonds. The first-order chi connectivity index (χ1) is 13.3. The van der Waals surface area contributed by atoms with E-state index < -0.39 is 0 Å². The molecule has 0 radical (unpaired) electrons. The Labute approximate surface area is 169 Å². The summed E-state index contributed by atoms with van der Waals surface area (Å²) < 4.78 is 10.8. The molecule has 0 saturated heterocycles. The molecule has 0 aliphatic heterocycles. The summed E-state index contributed by atoms with van der Waals surface area (Å²) in [7, 11) is 3.37. The van der Waals surface area contributed by atoms with Crippen molar-refractivity contribution in [3.63, 3.8) is 0 Å². The van der Waals surface area contributed by atoms with Gasteiger partial charge in [-0.15, -0.1) is 0 Å². The minimum atomic E-state index is -0.0477. The van der Waals surface area contributed by atoms with Gasteiger partial charge in [-0.05, 0) is 79.1 Å². The average Bonchev–Trinajstić information content (AvgIpc) is 2.65. The number of ether oxygens (including phenoxy) is 2. The van der Waals surface area contributed by atoms with Crippen LogP contribution in [0.2, 0.25) is 0 Å². The van der Waals surface area contributed by atoms with E-state index in [1.165, 1.54) is 0 Å². The summed E-state index contributed by atoms with van der Waals surface area (Å²) in [5.41, 5.74) is 5.66. The van der Waals surface area contributed by atoms with Crippen molar-refractivity contribution in [3.8, 4) is 11.5 Å². The van der Waals surface area contributed by atoms with E-state index in [-0.39, 0.29) is 11.9 Å². The summed E-state index contributed by atoms with van der Waals surface area (Å²) in [6, 6.07) is 10.2. The van der Waals surface area contributed by atoms with Crippen molar-refractivity contribution >= 4 is 5.91 Å². The summed E-state index contributed by atoms with van der Waals surface area (Å²) in [4.78, 5) is 12.5. The van der Waals surface area contributed by atoms with E-state index in [0.29, 0.717) is 18.8 Å². The molecule has 4 nitrogen and oxygen atoms in total.